The number of hydrogen-bond acceptors (Lipinski definition) is 1. The zero-order valence-corrected chi connectivity index (χ0v) is 15.6. The SMILES string of the molecule is C=C(C)C1=C(/N=C\C)CC(c2ccc(C(=C)C)cc2C)=C(C)C1=C. The van der Waals surface area contributed by atoms with Gasteiger partial charge < -0.3 is 0 Å². The number of aliphatic imine (C=N–C) groups is 1. The third-order valence-electron chi connectivity index (χ3n) is 4.60. The van der Waals surface area contributed by atoms with Crippen molar-refractivity contribution in [3.05, 3.63) is 82.6 Å². The Morgan fingerprint density at radius 3 is 2.29 bits per heavy atom. The Labute approximate surface area is 146 Å². The normalized spacial score (nSPS) is 15.5. The second-order valence-electron chi connectivity index (χ2n) is 6.56. The fourth-order valence-electron chi connectivity index (χ4n) is 3.27. The molecule has 2 rings (SSSR count). The van der Waals surface area contributed by atoms with Crippen molar-refractivity contribution in [2.45, 2.75) is 41.0 Å². The van der Waals surface area contributed by atoms with Crippen LogP contribution in [0.4, 0.5) is 0 Å². The van der Waals surface area contributed by atoms with Crippen LogP contribution in [0.15, 0.2) is 70.9 Å². The lowest BCUT2D eigenvalue weighted by atomic mass is 9.80. The predicted molar refractivity (Wildman–Crippen MR) is 108 cm³/mol. The summed E-state index contributed by atoms with van der Waals surface area (Å²) in [4.78, 5) is 4.61. The van der Waals surface area contributed by atoms with E-state index in [1.165, 1.54) is 27.8 Å². The number of hydrogen-bond donors (Lipinski definition) is 0. The number of nitrogens with zero attached hydrogens (tertiary/aromatic N) is 1. The molecule has 0 saturated heterocycles. The van der Waals surface area contributed by atoms with Gasteiger partial charge in [-0.25, -0.2) is 0 Å². The first kappa shape index (κ1) is 17.9. The molecule has 1 nitrogen and oxygen atoms in total. The summed E-state index contributed by atoms with van der Waals surface area (Å²) in [6.07, 6.45) is 2.66. The summed E-state index contributed by atoms with van der Waals surface area (Å²) in [5, 5.41) is 0. The van der Waals surface area contributed by atoms with Crippen molar-refractivity contribution >= 4 is 17.4 Å². The Bertz CT molecular complexity index is 826. The average Bonchev–Trinajstić information content (AvgIpc) is 2.50. The van der Waals surface area contributed by atoms with Crippen LogP contribution in [-0.2, 0) is 0 Å². The number of rotatable bonds is 4. The first-order valence-corrected chi connectivity index (χ1v) is 8.31. The van der Waals surface area contributed by atoms with E-state index >= 15 is 0 Å². The molecule has 0 amide bonds. The minimum atomic E-state index is 0.810. The summed E-state index contributed by atoms with van der Waals surface area (Å²) in [7, 11) is 0. The van der Waals surface area contributed by atoms with E-state index in [4.69, 9.17) is 0 Å². The zero-order chi connectivity index (χ0) is 18.0. The summed E-state index contributed by atoms with van der Waals surface area (Å²) in [6.45, 7) is 22.8. The number of benzene rings is 1. The molecule has 0 saturated carbocycles. The Hall–Kier alpha value is -2.41. The maximum Gasteiger partial charge on any atom is 0.0524 e. The highest BCUT2D eigenvalue weighted by Crippen LogP contribution is 2.42. The van der Waals surface area contributed by atoms with Crippen molar-refractivity contribution in [2.24, 2.45) is 4.99 Å². The first-order valence-electron chi connectivity index (χ1n) is 8.31. The molecule has 0 unspecified atom stereocenters. The molecule has 0 aromatic heterocycles. The fourth-order valence-corrected chi connectivity index (χ4v) is 3.27. The van der Waals surface area contributed by atoms with Gasteiger partial charge in [0.2, 0.25) is 0 Å². The molecule has 0 spiro atoms. The Morgan fingerprint density at radius 1 is 1.12 bits per heavy atom. The average molecular weight is 317 g/mol. The predicted octanol–water partition coefficient (Wildman–Crippen LogP) is 6.68. The second kappa shape index (κ2) is 7.00. The molecule has 1 aromatic carbocycles. The van der Waals surface area contributed by atoms with Crippen LogP contribution in [0, 0.1) is 6.92 Å². The van der Waals surface area contributed by atoms with E-state index in [0.717, 1.165) is 34.4 Å². The van der Waals surface area contributed by atoms with Gasteiger partial charge in [0.1, 0.15) is 0 Å². The van der Waals surface area contributed by atoms with Crippen LogP contribution >= 0.6 is 0 Å². The van der Waals surface area contributed by atoms with Crippen LogP contribution < -0.4 is 0 Å². The Morgan fingerprint density at radius 2 is 1.79 bits per heavy atom. The molecular formula is C23H27N. The molecule has 0 bridgehead atoms. The smallest absolute Gasteiger partial charge is 0.0524 e. The van der Waals surface area contributed by atoms with Gasteiger partial charge in [0.15, 0.2) is 0 Å². The zero-order valence-electron chi connectivity index (χ0n) is 15.6. The summed E-state index contributed by atoms with van der Waals surface area (Å²) in [5.74, 6) is 0. The maximum absolute atomic E-state index is 4.61. The molecule has 1 aromatic rings. The van der Waals surface area contributed by atoms with E-state index in [-0.39, 0.29) is 0 Å². The molecule has 1 aliphatic carbocycles. The fraction of sp³-hybridized carbons (Fsp3) is 0.261. The topological polar surface area (TPSA) is 12.4 Å². The number of allylic oxidation sites excluding steroid dienone is 6. The van der Waals surface area contributed by atoms with Crippen molar-refractivity contribution in [3.8, 4) is 0 Å². The minimum Gasteiger partial charge on any atom is -0.265 e. The van der Waals surface area contributed by atoms with E-state index in [2.05, 4.69) is 56.8 Å². The molecule has 0 atom stereocenters. The Kier molecular flexibility index (Phi) is 5.23. The summed E-state index contributed by atoms with van der Waals surface area (Å²) < 4.78 is 0. The molecule has 0 aliphatic heterocycles. The highest BCUT2D eigenvalue weighted by molar-refractivity contribution is 5.82. The quantitative estimate of drug-likeness (QED) is 0.549. The van der Waals surface area contributed by atoms with Crippen LogP contribution in [0.3, 0.4) is 0 Å². The molecule has 24 heavy (non-hydrogen) atoms. The van der Waals surface area contributed by atoms with Crippen LogP contribution in [0.25, 0.3) is 11.1 Å². The number of aryl methyl sites for hydroxylation is 1. The molecule has 0 radical (unpaired) electrons. The summed E-state index contributed by atoms with van der Waals surface area (Å²) in [5.41, 5.74) is 11.5. The van der Waals surface area contributed by atoms with Crippen LogP contribution in [0.2, 0.25) is 0 Å². The maximum atomic E-state index is 4.61. The van der Waals surface area contributed by atoms with Gasteiger partial charge in [-0.05, 0) is 73.6 Å². The summed E-state index contributed by atoms with van der Waals surface area (Å²) >= 11 is 0. The van der Waals surface area contributed by atoms with Gasteiger partial charge in [0.05, 0.1) is 5.70 Å². The van der Waals surface area contributed by atoms with Gasteiger partial charge >= 0.3 is 0 Å². The van der Waals surface area contributed by atoms with Gasteiger partial charge in [0, 0.05) is 18.2 Å². The van der Waals surface area contributed by atoms with E-state index in [0.29, 0.717) is 0 Å². The van der Waals surface area contributed by atoms with Gasteiger partial charge in [-0.1, -0.05) is 43.5 Å². The van der Waals surface area contributed by atoms with Crippen molar-refractivity contribution in [1.82, 2.24) is 0 Å². The van der Waals surface area contributed by atoms with Crippen LogP contribution in [0.5, 0.6) is 0 Å². The van der Waals surface area contributed by atoms with Crippen molar-refractivity contribution in [3.63, 3.8) is 0 Å². The Balaban J connectivity index is 2.58. The molecule has 124 valence electrons. The lowest BCUT2D eigenvalue weighted by Crippen LogP contribution is -2.07. The summed E-state index contributed by atoms with van der Waals surface area (Å²) in [6, 6.07) is 6.56. The third kappa shape index (κ3) is 3.26. The van der Waals surface area contributed by atoms with E-state index in [9.17, 15) is 0 Å². The molecule has 1 aliphatic rings. The first-order chi connectivity index (χ1) is 11.3. The molecule has 0 fully saturated rings. The lowest BCUT2D eigenvalue weighted by molar-refractivity contribution is 1.07. The van der Waals surface area contributed by atoms with Gasteiger partial charge in [-0.2, -0.15) is 0 Å². The standard InChI is InChI=1S/C23H27N/c1-9-24-22-13-21(17(7)18(8)23(22)15(4)5)20-11-10-19(14(2)3)12-16(20)6/h9-12H,2,4,8,13H2,1,3,5-7H3/b24-9-. The highest BCUT2D eigenvalue weighted by Gasteiger charge is 2.23. The van der Waals surface area contributed by atoms with Gasteiger partial charge in [-0.15, -0.1) is 0 Å². The third-order valence-corrected chi connectivity index (χ3v) is 4.60. The minimum absolute atomic E-state index is 0.810. The van der Waals surface area contributed by atoms with Crippen molar-refractivity contribution < 1.29 is 0 Å². The van der Waals surface area contributed by atoms with E-state index in [1.54, 1.807) is 0 Å². The molecule has 0 heterocycles. The molecule has 1 heteroatoms. The lowest BCUT2D eigenvalue weighted by Gasteiger charge is -2.26. The second-order valence-corrected chi connectivity index (χ2v) is 6.56. The van der Waals surface area contributed by atoms with E-state index < -0.39 is 0 Å². The van der Waals surface area contributed by atoms with Gasteiger partial charge in [-0.3, -0.25) is 4.99 Å². The van der Waals surface area contributed by atoms with Crippen LogP contribution in [-0.4, -0.2) is 6.21 Å². The van der Waals surface area contributed by atoms with Crippen molar-refractivity contribution in [1.29, 1.82) is 0 Å². The largest absolute Gasteiger partial charge is 0.265 e. The van der Waals surface area contributed by atoms with Gasteiger partial charge in [0.25, 0.3) is 0 Å². The molecule has 0 N–H and O–H groups in total. The monoisotopic (exact) mass is 317 g/mol. The van der Waals surface area contributed by atoms with Crippen molar-refractivity contribution in [2.75, 3.05) is 0 Å². The van der Waals surface area contributed by atoms with Crippen LogP contribution in [0.1, 0.15) is 50.8 Å². The molecular weight excluding hydrogens is 290 g/mol. The van der Waals surface area contributed by atoms with E-state index in [1.807, 2.05) is 27.0 Å². The highest BCUT2D eigenvalue weighted by atomic mass is 14.7.